The Bertz CT molecular complexity index is 15.1. The molecule has 0 aromatic heterocycles. The fraction of sp³-hybridized carbons (Fsp3) is 1.00. The van der Waals surface area contributed by atoms with E-state index in [0.29, 0.717) is 0 Å². The van der Waals surface area contributed by atoms with Crippen LogP contribution in [0.15, 0.2) is 0 Å². The molecule has 0 amide bonds. The first-order chi connectivity index (χ1) is 2.41. The van der Waals surface area contributed by atoms with Gasteiger partial charge < -0.3 is 9.53 Å². The third-order valence-electron chi connectivity index (χ3n) is 0.241. The second-order valence-corrected chi connectivity index (χ2v) is 1.75. The third-order valence-corrected chi connectivity index (χ3v) is 0.724. The summed E-state index contributed by atoms with van der Waals surface area (Å²) >= 11 is 0. The highest BCUT2D eigenvalue weighted by molar-refractivity contribution is 6.26. The Hall–Kier alpha value is 0.137. The van der Waals surface area contributed by atoms with Gasteiger partial charge in [0.05, 0.1) is 6.23 Å². The molecule has 0 saturated heterocycles. The van der Waals surface area contributed by atoms with Crippen LogP contribution in [-0.2, 0) is 4.43 Å². The van der Waals surface area contributed by atoms with Crippen molar-refractivity contribution in [3.05, 3.63) is 0 Å². The Labute approximate surface area is 33.7 Å². The van der Waals surface area contributed by atoms with E-state index in [2.05, 4.69) is 4.43 Å². The Morgan fingerprint density at radius 1 is 2.00 bits per heavy atom. The largest absolute Gasteiger partial charge is 0.422 e. The zero-order chi connectivity index (χ0) is 4.12. The molecule has 2 nitrogen and oxygen atoms in total. The van der Waals surface area contributed by atoms with Crippen LogP contribution in [0.1, 0.15) is 0 Å². The van der Waals surface area contributed by atoms with Crippen LogP contribution in [0.4, 0.5) is 0 Å². The summed E-state index contributed by atoms with van der Waals surface area (Å²) in [5.41, 5.74) is 0. The van der Waals surface area contributed by atoms with Crippen molar-refractivity contribution in [2.45, 2.75) is 0 Å². The number of aliphatic hydroxyl groups excluding tert-OH is 1. The Morgan fingerprint density at radius 2 is 2.60 bits per heavy atom. The summed E-state index contributed by atoms with van der Waals surface area (Å²) in [6, 6.07) is 0. The highest BCUT2D eigenvalue weighted by atomic mass is 28.2. The summed E-state index contributed by atoms with van der Waals surface area (Å²) < 4.78 is 4.52. The Kier molecular flexibility index (Phi) is 4.25. The van der Waals surface area contributed by atoms with E-state index >= 15 is 0 Å². The molecule has 0 saturated carbocycles. The summed E-state index contributed by atoms with van der Waals surface area (Å²) in [5.74, 6) is 0. The first-order valence-corrected chi connectivity index (χ1v) is 2.66. The minimum atomic E-state index is -0.130. The predicted molar refractivity (Wildman–Crippen MR) is 21.2 cm³/mol. The van der Waals surface area contributed by atoms with Crippen molar-refractivity contribution in [3.8, 4) is 0 Å². The van der Waals surface area contributed by atoms with Crippen LogP contribution >= 0.6 is 0 Å². The van der Waals surface area contributed by atoms with Crippen molar-refractivity contribution >= 4 is 9.76 Å². The number of aliphatic hydroxyl groups is 1. The SMILES string of the molecule is CO[SiH]CO. The first kappa shape index (κ1) is 5.14. The van der Waals surface area contributed by atoms with E-state index in [4.69, 9.17) is 5.11 Å². The van der Waals surface area contributed by atoms with Gasteiger partial charge in [0.2, 0.25) is 9.76 Å². The summed E-state index contributed by atoms with van der Waals surface area (Å²) in [7, 11) is 1.46. The zero-order valence-corrected chi connectivity index (χ0v) is 4.29. The minimum absolute atomic E-state index is 0.130. The van der Waals surface area contributed by atoms with Crippen molar-refractivity contribution in [2.75, 3.05) is 13.3 Å². The van der Waals surface area contributed by atoms with Crippen LogP contribution in [0, 0.1) is 0 Å². The molecule has 0 aliphatic heterocycles. The smallest absolute Gasteiger partial charge is 0.219 e. The average Bonchev–Trinajstić information content (AvgIpc) is 1.41. The molecule has 31 valence electrons. The van der Waals surface area contributed by atoms with Gasteiger partial charge in [-0.25, -0.2) is 0 Å². The van der Waals surface area contributed by atoms with Crippen molar-refractivity contribution in [2.24, 2.45) is 0 Å². The van der Waals surface area contributed by atoms with E-state index in [-0.39, 0.29) is 16.0 Å². The fourth-order valence-electron chi connectivity index (χ4n) is 0.0745. The maximum Gasteiger partial charge on any atom is 0.219 e. The van der Waals surface area contributed by atoms with E-state index in [1.165, 1.54) is 0 Å². The zero-order valence-electron chi connectivity index (χ0n) is 3.14. The molecular weight excluding hydrogens is 84.1 g/mol. The van der Waals surface area contributed by atoms with E-state index in [0.717, 1.165) is 0 Å². The van der Waals surface area contributed by atoms with Gasteiger partial charge in [-0.1, -0.05) is 0 Å². The molecule has 3 heteroatoms. The van der Waals surface area contributed by atoms with Gasteiger partial charge in [-0.15, -0.1) is 0 Å². The van der Waals surface area contributed by atoms with Gasteiger partial charge in [0.1, 0.15) is 0 Å². The predicted octanol–water partition coefficient (Wildman–Crippen LogP) is -1.07. The summed E-state index contributed by atoms with van der Waals surface area (Å²) in [6.07, 6.45) is 0.205. The quantitative estimate of drug-likeness (QED) is 0.439. The third kappa shape index (κ3) is 4.14. The number of rotatable bonds is 2. The van der Waals surface area contributed by atoms with Crippen LogP contribution < -0.4 is 0 Å². The van der Waals surface area contributed by atoms with Crippen LogP contribution in [0.2, 0.25) is 0 Å². The lowest BCUT2D eigenvalue weighted by Crippen LogP contribution is -1.97. The molecule has 5 heavy (non-hydrogen) atoms. The molecule has 1 N–H and O–H groups in total. The molecule has 0 rings (SSSR count). The van der Waals surface area contributed by atoms with Crippen molar-refractivity contribution in [3.63, 3.8) is 0 Å². The van der Waals surface area contributed by atoms with Gasteiger partial charge in [-0.2, -0.15) is 0 Å². The van der Waals surface area contributed by atoms with Gasteiger partial charge in [0.25, 0.3) is 0 Å². The molecule has 0 aliphatic carbocycles. The molecule has 0 heterocycles. The molecule has 0 aromatic carbocycles. The highest BCUT2D eigenvalue weighted by Crippen LogP contribution is 1.51. The lowest BCUT2D eigenvalue weighted by Gasteiger charge is -1.81. The molecule has 0 spiro atoms. The molecule has 1 radical (unpaired) electrons. The highest BCUT2D eigenvalue weighted by Gasteiger charge is 1.72. The van der Waals surface area contributed by atoms with Gasteiger partial charge >= 0.3 is 0 Å². The average molecular weight is 91.2 g/mol. The van der Waals surface area contributed by atoms with E-state index in [1.807, 2.05) is 0 Å². The van der Waals surface area contributed by atoms with Crippen molar-refractivity contribution in [1.29, 1.82) is 0 Å². The second kappa shape index (κ2) is 4.14. The Balaban J connectivity index is 2.19. The normalized spacial score (nSPS) is 8.40. The second-order valence-electron chi connectivity index (χ2n) is 0.585. The molecule has 0 atom stereocenters. The van der Waals surface area contributed by atoms with Crippen molar-refractivity contribution < 1.29 is 9.53 Å². The fourth-order valence-corrected chi connectivity index (χ4v) is 0.224. The lowest BCUT2D eigenvalue weighted by molar-refractivity contribution is 0.330. The topological polar surface area (TPSA) is 29.5 Å². The van der Waals surface area contributed by atoms with Crippen molar-refractivity contribution in [1.82, 2.24) is 0 Å². The lowest BCUT2D eigenvalue weighted by atomic mass is 11.7. The monoisotopic (exact) mass is 91.0 g/mol. The van der Waals surface area contributed by atoms with Crippen LogP contribution in [0.3, 0.4) is 0 Å². The molecule has 0 bridgehead atoms. The minimum Gasteiger partial charge on any atom is -0.422 e. The van der Waals surface area contributed by atoms with Gasteiger partial charge in [-0.05, 0) is 0 Å². The Morgan fingerprint density at radius 3 is 2.60 bits per heavy atom. The van der Waals surface area contributed by atoms with E-state index in [9.17, 15) is 0 Å². The summed E-state index contributed by atoms with van der Waals surface area (Å²) in [6.45, 7) is 0. The standard InChI is InChI=1S/C2H7O2Si/c1-4-5-2-3/h3,5H,2H2,1H3. The van der Waals surface area contributed by atoms with E-state index < -0.39 is 0 Å². The van der Waals surface area contributed by atoms with E-state index in [1.54, 1.807) is 7.11 Å². The van der Waals surface area contributed by atoms with Gasteiger partial charge in [0.15, 0.2) is 0 Å². The molecule has 0 aliphatic rings. The molecule has 0 fully saturated rings. The maximum atomic E-state index is 7.98. The first-order valence-electron chi connectivity index (χ1n) is 1.37. The van der Waals surface area contributed by atoms with Crippen LogP contribution in [-0.4, -0.2) is 28.2 Å². The number of hydrogen-bond donors (Lipinski definition) is 1. The van der Waals surface area contributed by atoms with Gasteiger partial charge in [0, 0.05) is 7.11 Å². The molecular formula is C2H7O2Si. The maximum absolute atomic E-state index is 7.98. The van der Waals surface area contributed by atoms with Crippen LogP contribution in [0.5, 0.6) is 0 Å². The molecule has 0 unspecified atom stereocenters. The van der Waals surface area contributed by atoms with Gasteiger partial charge in [-0.3, -0.25) is 0 Å². The van der Waals surface area contributed by atoms with Crippen LogP contribution in [0.25, 0.3) is 0 Å². The molecule has 0 aromatic rings. The summed E-state index contributed by atoms with van der Waals surface area (Å²) in [5, 5.41) is 7.98. The number of hydrogen-bond acceptors (Lipinski definition) is 2. The summed E-state index contributed by atoms with van der Waals surface area (Å²) in [4.78, 5) is 0.